The Morgan fingerprint density at radius 2 is 1.67 bits per heavy atom. The third-order valence-corrected chi connectivity index (χ3v) is 16.6. The molecule has 4 aliphatic heterocycles. The number of piperidine rings is 2. The second kappa shape index (κ2) is 21.0. The molecule has 386 valence electrons. The first-order valence-electron chi connectivity index (χ1n) is 25.6. The molecular weight excluding hydrogens is 961 g/mol. The predicted molar refractivity (Wildman–Crippen MR) is 272 cm³/mol. The van der Waals surface area contributed by atoms with E-state index in [-0.39, 0.29) is 58.4 Å². The molecule has 73 heavy (non-hydrogen) atoms. The van der Waals surface area contributed by atoms with Crippen molar-refractivity contribution in [3.05, 3.63) is 106 Å². The third-order valence-electron chi connectivity index (χ3n) is 16.3. The van der Waals surface area contributed by atoms with E-state index in [0.717, 1.165) is 101 Å². The average molecular weight is 1020 g/mol. The number of rotatable bonds is 14. The minimum Gasteiger partial charge on any atom is -0.488 e. The molecule has 5 aromatic rings. The lowest BCUT2D eigenvalue weighted by molar-refractivity contribution is -0.138. The van der Waals surface area contributed by atoms with Crippen molar-refractivity contribution in [1.29, 1.82) is 0 Å². The van der Waals surface area contributed by atoms with Crippen LogP contribution in [0.1, 0.15) is 104 Å². The maximum Gasteiger partial charge on any atom is 0.329 e. The summed E-state index contributed by atoms with van der Waals surface area (Å²) in [4.78, 5) is 57.2. The molecule has 4 aromatic carbocycles. The molecule has 0 radical (unpaired) electrons. The summed E-state index contributed by atoms with van der Waals surface area (Å²) in [5.74, 6) is -2.17. The zero-order chi connectivity index (χ0) is 51.1. The highest BCUT2D eigenvalue weighted by molar-refractivity contribution is 6.34. The van der Waals surface area contributed by atoms with Gasteiger partial charge in [0.25, 0.3) is 0 Å². The van der Waals surface area contributed by atoms with Crippen molar-refractivity contribution in [1.82, 2.24) is 30.2 Å². The van der Waals surface area contributed by atoms with E-state index in [1.165, 1.54) is 23.8 Å². The summed E-state index contributed by atoms with van der Waals surface area (Å²) in [6.07, 6.45) is 7.37. The Balaban J connectivity index is 0.731. The molecule has 3 saturated heterocycles. The van der Waals surface area contributed by atoms with Gasteiger partial charge in [0.15, 0.2) is 23.0 Å². The van der Waals surface area contributed by atoms with Crippen LogP contribution in [0.2, 0.25) is 5.02 Å². The molecule has 4 fully saturated rings. The van der Waals surface area contributed by atoms with Crippen LogP contribution in [0.15, 0.2) is 66.7 Å². The van der Waals surface area contributed by atoms with Crippen molar-refractivity contribution in [2.45, 2.75) is 88.2 Å². The number of fused-ring (bicyclic) bond motifs is 2. The number of benzene rings is 4. The number of anilines is 1. The Kier molecular flexibility index (Phi) is 14.5. The molecule has 18 heteroatoms. The maximum atomic E-state index is 16.4. The smallest absolute Gasteiger partial charge is 0.329 e. The second-order valence-electron chi connectivity index (χ2n) is 20.5. The first kappa shape index (κ1) is 50.4. The van der Waals surface area contributed by atoms with E-state index < -0.39 is 53.4 Å². The highest BCUT2D eigenvalue weighted by atomic mass is 35.5. The molecule has 0 bridgehead atoms. The van der Waals surface area contributed by atoms with Crippen molar-refractivity contribution >= 4 is 52.1 Å². The molecule has 5 aliphatic rings. The number of likely N-dealkylation sites (tertiary alicyclic amines) is 2. The maximum absolute atomic E-state index is 16.4. The largest absolute Gasteiger partial charge is 0.488 e. The van der Waals surface area contributed by atoms with E-state index in [9.17, 15) is 23.6 Å². The van der Waals surface area contributed by atoms with E-state index in [1.807, 2.05) is 49.0 Å². The molecule has 5 amide bonds. The highest BCUT2D eigenvalue weighted by Gasteiger charge is 2.50. The molecular formula is C55H62ClF3N8O6. The quantitative estimate of drug-likeness (QED) is 0.0987. The van der Waals surface area contributed by atoms with Crippen molar-refractivity contribution in [3.8, 4) is 22.6 Å². The Morgan fingerprint density at radius 3 is 2.37 bits per heavy atom. The summed E-state index contributed by atoms with van der Waals surface area (Å²) in [5, 5.41) is 11.3. The Hall–Kier alpha value is -6.17. The van der Waals surface area contributed by atoms with Crippen molar-refractivity contribution in [3.63, 3.8) is 0 Å². The Morgan fingerprint density at radius 1 is 0.932 bits per heavy atom. The minimum absolute atomic E-state index is 0.0543. The number of aryl methyl sites for hydroxylation is 1. The van der Waals surface area contributed by atoms with Gasteiger partial charge in [0.1, 0.15) is 24.8 Å². The van der Waals surface area contributed by atoms with Crippen molar-refractivity contribution in [2.75, 3.05) is 64.0 Å². The van der Waals surface area contributed by atoms with Crippen molar-refractivity contribution in [2.24, 2.45) is 24.6 Å². The lowest BCUT2D eigenvalue weighted by Gasteiger charge is -2.40. The molecule has 10 rings (SSSR count). The fraction of sp³-hybridized carbons (Fsp3) is 0.473. The van der Waals surface area contributed by atoms with Gasteiger partial charge in [-0.25, -0.2) is 18.0 Å². The second-order valence-corrected chi connectivity index (χ2v) is 20.9. The fourth-order valence-electron chi connectivity index (χ4n) is 12.2. The first-order valence-corrected chi connectivity index (χ1v) is 26.0. The van der Waals surface area contributed by atoms with Crippen LogP contribution in [0.25, 0.3) is 22.0 Å². The molecule has 5 heterocycles. The molecule has 1 aromatic heterocycles. The number of amides is 5. The van der Waals surface area contributed by atoms with Gasteiger partial charge in [-0.2, -0.15) is 5.10 Å². The van der Waals surface area contributed by atoms with Crippen molar-refractivity contribution < 1.29 is 41.8 Å². The van der Waals surface area contributed by atoms with Gasteiger partial charge < -0.3 is 30.3 Å². The summed E-state index contributed by atoms with van der Waals surface area (Å²) >= 11 is 6.71. The zero-order valence-corrected chi connectivity index (χ0v) is 42.0. The summed E-state index contributed by atoms with van der Waals surface area (Å²) in [7, 11) is 1.89. The summed E-state index contributed by atoms with van der Waals surface area (Å²) in [5.41, 5.74) is 7.39. The van der Waals surface area contributed by atoms with Crippen LogP contribution < -0.4 is 30.7 Å². The lowest BCUT2D eigenvalue weighted by Crippen LogP contribution is -2.49. The summed E-state index contributed by atoms with van der Waals surface area (Å²) < 4.78 is 59.4. The molecule has 1 aliphatic carbocycles. The van der Waals surface area contributed by atoms with E-state index in [2.05, 4.69) is 43.7 Å². The summed E-state index contributed by atoms with van der Waals surface area (Å²) in [6, 6.07) is 19.2. The van der Waals surface area contributed by atoms with E-state index in [0.29, 0.717) is 36.3 Å². The molecule has 2 unspecified atom stereocenters. The van der Waals surface area contributed by atoms with Gasteiger partial charge in [-0.15, -0.1) is 0 Å². The molecule has 4 N–H and O–H groups in total. The Bertz CT molecular complexity index is 2920. The number of carbonyl (C=O) groups excluding carboxylic acids is 4. The van der Waals surface area contributed by atoms with Gasteiger partial charge in [-0.05, 0) is 112 Å². The van der Waals surface area contributed by atoms with Crippen LogP contribution in [-0.4, -0.2) is 108 Å². The Labute approximate surface area is 427 Å². The highest BCUT2D eigenvalue weighted by Crippen LogP contribution is 2.56. The van der Waals surface area contributed by atoms with E-state index in [1.54, 1.807) is 4.90 Å². The number of primary amides is 1. The van der Waals surface area contributed by atoms with Gasteiger partial charge in [-0.3, -0.25) is 29.3 Å². The van der Waals surface area contributed by atoms with Crippen LogP contribution in [0, 0.1) is 23.5 Å². The van der Waals surface area contributed by atoms with Gasteiger partial charge >= 0.3 is 6.03 Å². The minimum atomic E-state index is -1.12. The molecule has 14 nitrogen and oxygen atoms in total. The van der Waals surface area contributed by atoms with E-state index in [4.69, 9.17) is 26.8 Å². The van der Waals surface area contributed by atoms with Crippen LogP contribution >= 0.6 is 11.6 Å². The number of carbonyl (C=O) groups is 4. The number of nitrogens with one attached hydrogen (secondary N) is 2. The van der Waals surface area contributed by atoms with Crippen LogP contribution in [0.3, 0.4) is 0 Å². The van der Waals surface area contributed by atoms with Gasteiger partial charge in [-0.1, -0.05) is 54.9 Å². The predicted octanol–water partition coefficient (Wildman–Crippen LogP) is 8.72. The molecule has 1 saturated carbocycles. The normalized spacial score (nSPS) is 23.1. The third kappa shape index (κ3) is 9.75. The van der Waals surface area contributed by atoms with Gasteiger partial charge in [0, 0.05) is 92.2 Å². The number of alkyl halides is 1. The number of imide groups is 1. The standard InChI is InChI=1S/C55H62ClF3N8O6/c1-32-46-44(29-41(58)49(56)48(46)47-40(51(60)69)14-15-43(50(47)59)72-27-21-57)73-55(32,37-6-4-3-5-7-37)31-61-38-11-8-35(9-12-38)53(70)66-24-16-33(17-25-66)30-65-22-18-34(19-23-65)36-10-13-39-42(28-36)64(2)63-52(39)67-26-20-45(68)62-54(67)71/h3-7,10,13-15,28-29,32-35,38,61H,8-9,11-12,16-27,30-31H2,1-2H3,(H2,60,69)(H,62,68,71). The number of urea groups is 1. The number of halogens is 4. The van der Waals surface area contributed by atoms with Crippen LogP contribution in [0.4, 0.5) is 23.8 Å². The first-order chi connectivity index (χ1) is 35.2. The lowest BCUT2D eigenvalue weighted by atomic mass is 9.77. The monoisotopic (exact) mass is 1020 g/mol. The SMILES string of the molecule is CC1c2c(cc(F)c(Cl)c2-c2c(C(N)=O)ccc(OCCF)c2F)OC1(CNC1CCC(C(=O)N2CCC(CN3CCC(c4ccc5c(N6CCC(=O)NC6=O)nn(C)c5c4)CC3)CC2)CC1)c1ccccc1. The molecule has 0 spiro atoms. The number of hydrogen-bond donors (Lipinski definition) is 3. The number of ether oxygens (including phenoxy) is 2. The number of aromatic nitrogens is 2. The van der Waals surface area contributed by atoms with Crippen LogP contribution in [0.5, 0.6) is 11.5 Å². The fourth-order valence-corrected chi connectivity index (χ4v) is 12.5. The summed E-state index contributed by atoms with van der Waals surface area (Å²) in [6.45, 7) is 5.78. The number of nitrogens with two attached hydrogens (primary N) is 1. The number of hydrogen-bond acceptors (Lipinski definition) is 9. The van der Waals surface area contributed by atoms with Gasteiger partial charge in [0.05, 0.1) is 16.1 Å². The van der Waals surface area contributed by atoms with Gasteiger partial charge in [0.2, 0.25) is 17.7 Å². The van der Waals surface area contributed by atoms with Crippen LogP contribution in [-0.2, 0) is 22.2 Å². The molecule has 2 atom stereocenters. The topological polar surface area (TPSA) is 164 Å². The zero-order valence-electron chi connectivity index (χ0n) is 41.2. The average Bonchev–Trinajstić information content (AvgIpc) is 3.88. The number of nitrogens with zero attached hydrogens (tertiary/aromatic N) is 5. The van der Waals surface area contributed by atoms with E-state index >= 15 is 8.78 Å².